The van der Waals surface area contributed by atoms with Gasteiger partial charge in [0.15, 0.2) is 5.82 Å². The first-order valence-corrected chi connectivity index (χ1v) is 13.2. The van der Waals surface area contributed by atoms with Gasteiger partial charge in [-0.25, -0.2) is 26.5 Å². The number of carbonyl (C=O) groups is 1. The second kappa shape index (κ2) is 9.42. The number of sulfonamides is 1. The average Bonchev–Trinajstić information content (AvgIpc) is 3.29. The molecule has 0 saturated carbocycles. The molecule has 6 nitrogen and oxygen atoms in total. The lowest BCUT2D eigenvalue weighted by molar-refractivity contribution is 0.103. The molecule has 0 amide bonds. The van der Waals surface area contributed by atoms with E-state index < -0.39 is 38.7 Å². The number of carbonyl (C=O) groups excluding carboxylic acids is 1. The predicted octanol–water partition coefficient (Wildman–Crippen LogP) is 6.49. The Morgan fingerprint density at radius 2 is 1.68 bits per heavy atom. The highest BCUT2D eigenvalue weighted by molar-refractivity contribution is 7.92. The quantitative estimate of drug-likeness (QED) is 0.251. The monoisotopic (exact) mass is 537 g/mol. The van der Waals surface area contributed by atoms with E-state index in [1.54, 1.807) is 54.7 Å². The number of nitrogens with one attached hydrogen (secondary N) is 1. The number of aromatic amines is 1. The molecule has 5 aromatic rings. The van der Waals surface area contributed by atoms with E-state index in [-0.39, 0.29) is 11.3 Å². The number of fused-ring (bicyclic) bond motifs is 1. The van der Waals surface area contributed by atoms with Gasteiger partial charge in [-0.15, -0.1) is 0 Å². The molecule has 5 rings (SSSR count). The van der Waals surface area contributed by atoms with Crippen molar-refractivity contribution >= 4 is 49.8 Å². The van der Waals surface area contributed by atoms with Gasteiger partial charge in [0.1, 0.15) is 11.5 Å². The van der Waals surface area contributed by atoms with Crippen LogP contribution >= 0.6 is 11.6 Å². The number of para-hydroxylation sites is 1. The number of nitrogens with zero attached hydrogens (tertiary/aromatic N) is 2. The lowest BCUT2D eigenvalue weighted by atomic mass is 9.99. The normalized spacial score (nSPS) is 11.6. The summed E-state index contributed by atoms with van der Waals surface area (Å²) in [7, 11) is -4.04. The van der Waals surface area contributed by atoms with E-state index in [0.717, 1.165) is 28.3 Å². The molecule has 0 aliphatic rings. The molecule has 0 aliphatic heterocycles. The van der Waals surface area contributed by atoms with Crippen molar-refractivity contribution in [2.45, 2.75) is 0 Å². The first kappa shape index (κ1) is 24.6. The van der Waals surface area contributed by atoms with Crippen LogP contribution in [0.25, 0.3) is 22.2 Å². The zero-order valence-corrected chi connectivity index (χ0v) is 20.8. The second-order valence-corrected chi connectivity index (χ2v) is 10.5. The van der Waals surface area contributed by atoms with Crippen LogP contribution in [0, 0.1) is 11.6 Å². The van der Waals surface area contributed by atoms with Crippen LogP contribution in [-0.2, 0) is 10.0 Å². The third-order valence-electron chi connectivity index (χ3n) is 5.79. The van der Waals surface area contributed by atoms with Crippen LogP contribution in [0.1, 0.15) is 15.9 Å². The number of pyridine rings is 1. The highest BCUT2D eigenvalue weighted by Gasteiger charge is 2.30. The number of benzene rings is 3. The summed E-state index contributed by atoms with van der Waals surface area (Å²) in [4.78, 5) is 20.7. The van der Waals surface area contributed by atoms with Crippen LogP contribution < -0.4 is 4.31 Å². The molecule has 0 bridgehead atoms. The summed E-state index contributed by atoms with van der Waals surface area (Å²) in [6, 6.07) is 18.3. The van der Waals surface area contributed by atoms with Gasteiger partial charge in [0.2, 0.25) is 15.8 Å². The fraction of sp³-hybridized carbons (Fsp3) is 0.0370. The van der Waals surface area contributed by atoms with E-state index in [9.17, 15) is 17.6 Å². The first-order chi connectivity index (χ1) is 17.6. The summed E-state index contributed by atoms with van der Waals surface area (Å²) in [5, 5.41) is 0.907. The maximum absolute atomic E-state index is 15.8. The number of rotatable bonds is 6. The Morgan fingerprint density at radius 1 is 0.973 bits per heavy atom. The molecule has 0 fully saturated rings. The minimum Gasteiger partial charge on any atom is -0.345 e. The standard InChI is InChI=1S/C27H18ClF2N3O3S/c1-37(35,36)33(19-5-3-2-4-6-19)23-12-11-22(29)24(25(23)30)26(34)21-15-32-27-20(21)13-17(14-31-27)16-7-9-18(28)10-8-16/h2-15H,1H3,(H,31,32). The van der Waals surface area contributed by atoms with Gasteiger partial charge in [-0.2, -0.15) is 0 Å². The van der Waals surface area contributed by atoms with E-state index in [0.29, 0.717) is 21.6 Å². The van der Waals surface area contributed by atoms with Gasteiger partial charge < -0.3 is 4.98 Å². The largest absolute Gasteiger partial charge is 0.345 e. The Morgan fingerprint density at radius 3 is 2.35 bits per heavy atom. The summed E-state index contributed by atoms with van der Waals surface area (Å²) in [5.74, 6) is -3.38. The predicted molar refractivity (Wildman–Crippen MR) is 140 cm³/mol. The lowest BCUT2D eigenvalue weighted by Gasteiger charge is -2.23. The van der Waals surface area contributed by atoms with E-state index >= 15 is 4.39 Å². The van der Waals surface area contributed by atoms with E-state index in [1.807, 2.05) is 0 Å². The Bertz CT molecular complexity index is 1760. The molecule has 0 saturated heterocycles. The average molecular weight is 538 g/mol. The van der Waals surface area contributed by atoms with Gasteiger partial charge in [0.05, 0.1) is 23.2 Å². The first-order valence-electron chi connectivity index (χ1n) is 11.0. The van der Waals surface area contributed by atoms with E-state index in [2.05, 4.69) is 9.97 Å². The lowest BCUT2D eigenvalue weighted by Crippen LogP contribution is -2.26. The molecule has 37 heavy (non-hydrogen) atoms. The third kappa shape index (κ3) is 4.59. The smallest absolute Gasteiger partial charge is 0.236 e. The summed E-state index contributed by atoms with van der Waals surface area (Å²) in [6.45, 7) is 0. The Hall–Kier alpha value is -4.08. The van der Waals surface area contributed by atoms with Gasteiger partial charge >= 0.3 is 0 Å². The summed E-state index contributed by atoms with van der Waals surface area (Å²) in [5.41, 5.74) is 0.569. The summed E-state index contributed by atoms with van der Waals surface area (Å²) < 4.78 is 56.7. The van der Waals surface area contributed by atoms with E-state index in [4.69, 9.17) is 11.6 Å². The topological polar surface area (TPSA) is 83.1 Å². The summed E-state index contributed by atoms with van der Waals surface area (Å²) in [6.07, 6.45) is 3.82. The van der Waals surface area contributed by atoms with E-state index in [1.165, 1.54) is 18.3 Å². The third-order valence-corrected chi connectivity index (χ3v) is 7.11. The fourth-order valence-corrected chi connectivity index (χ4v) is 5.23. The maximum atomic E-state index is 15.8. The van der Waals surface area contributed by atoms with Crippen molar-refractivity contribution in [2.75, 3.05) is 10.6 Å². The minimum absolute atomic E-state index is 0.0149. The molecule has 2 heterocycles. The molecule has 3 aromatic carbocycles. The number of hydrogen-bond donors (Lipinski definition) is 1. The molecule has 0 atom stereocenters. The zero-order chi connectivity index (χ0) is 26.3. The Labute approximate surface area is 216 Å². The minimum atomic E-state index is -4.04. The molecule has 0 radical (unpaired) electrons. The number of aromatic nitrogens is 2. The maximum Gasteiger partial charge on any atom is 0.236 e. The highest BCUT2D eigenvalue weighted by Crippen LogP contribution is 2.35. The molecule has 186 valence electrons. The van der Waals surface area contributed by atoms with Gasteiger partial charge in [-0.05, 0) is 48.0 Å². The molecule has 0 spiro atoms. The zero-order valence-electron chi connectivity index (χ0n) is 19.2. The van der Waals surface area contributed by atoms with Gasteiger partial charge in [0.25, 0.3) is 0 Å². The van der Waals surface area contributed by atoms with Gasteiger partial charge in [-0.3, -0.25) is 4.79 Å². The molecule has 2 aromatic heterocycles. The van der Waals surface area contributed by atoms with Gasteiger partial charge in [0, 0.05) is 33.9 Å². The molecule has 10 heteroatoms. The highest BCUT2D eigenvalue weighted by atomic mass is 35.5. The van der Waals surface area contributed by atoms with Crippen molar-refractivity contribution in [2.24, 2.45) is 0 Å². The molecule has 0 unspecified atom stereocenters. The van der Waals surface area contributed by atoms with Crippen molar-refractivity contribution in [1.29, 1.82) is 0 Å². The Balaban J connectivity index is 1.64. The van der Waals surface area contributed by atoms with Crippen LogP contribution in [-0.4, -0.2) is 30.4 Å². The number of ketones is 1. The van der Waals surface area contributed by atoms with Crippen molar-refractivity contribution in [3.05, 3.63) is 113 Å². The van der Waals surface area contributed by atoms with Crippen LogP contribution in [0.5, 0.6) is 0 Å². The van der Waals surface area contributed by atoms with Crippen LogP contribution in [0.3, 0.4) is 0 Å². The van der Waals surface area contributed by atoms with Crippen molar-refractivity contribution in [1.82, 2.24) is 9.97 Å². The van der Waals surface area contributed by atoms with Gasteiger partial charge in [-0.1, -0.05) is 41.9 Å². The number of halogens is 3. The number of H-pyrrole nitrogens is 1. The fourth-order valence-electron chi connectivity index (χ4n) is 4.11. The van der Waals surface area contributed by atoms with Crippen molar-refractivity contribution in [3.8, 4) is 11.1 Å². The molecule has 1 N–H and O–H groups in total. The second-order valence-electron chi connectivity index (χ2n) is 8.28. The van der Waals surface area contributed by atoms with Crippen molar-refractivity contribution in [3.63, 3.8) is 0 Å². The van der Waals surface area contributed by atoms with Crippen LogP contribution in [0.15, 0.2) is 85.2 Å². The molecule has 0 aliphatic carbocycles. The number of hydrogen-bond acceptors (Lipinski definition) is 4. The van der Waals surface area contributed by atoms with Crippen LogP contribution in [0.4, 0.5) is 20.2 Å². The number of anilines is 2. The Kier molecular flexibility index (Phi) is 6.26. The molecular weight excluding hydrogens is 520 g/mol. The SMILES string of the molecule is CS(=O)(=O)N(c1ccccc1)c1ccc(F)c(C(=O)c2c[nH]c3ncc(-c4ccc(Cl)cc4)cc23)c1F. The van der Waals surface area contributed by atoms with Crippen molar-refractivity contribution < 1.29 is 22.0 Å². The summed E-state index contributed by atoms with van der Waals surface area (Å²) >= 11 is 5.97. The molecular formula is C27H18ClF2N3O3S. The van der Waals surface area contributed by atoms with Crippen LogP contribution in [0.2, 0.25) is 5.02 Å².